The van der Waals surface area contributed by atoms with E-state index in [0.29, 0.717) is 0 Å². The van der Waals surface area contributed by atoms with Gasteiger partial charge in [-0.25, -0.2) is 20.2 Å². The summed E-state index contributed by atoms with van der Waals surface area (Å²) in [5.74, 6) is -9.00. The van der Waals surface area contributed by atoms with Gasteiger partial charge < -0.3 is 0 Å². The molecule has 22 heteroatoms. The van der Waals surface area contributed by atoms with Crippen LogP contribution in [0.5, 0.6) is 0 Å². The highest BCUT2D eigenvalue weighted by Crippen LogP contribution is 2.17. The van der Waals surface area contributed by atoms with Gasteiger partial charge in [0.05, 0.1) is 13.1 Å². The van der Waals surface area contributed by atoms with Crippen molar-refractivity contribution in [3.05, 3.63) is 60.7 Å². The summed E-state index contributed by atoms with van der Waals surface area (Å²) in [5, 5.41) is 59.6. The fourth-order valence-electron chi connectivity index (χ4n) is 1.70. The van der Waals surface area contributed by atoms with Crippen LogP contribution in [0.2, 0.25) is 0 Å². The molecule has 0 saturated heterocycles. The minimum absolute atomic E-state index is 0.382. The molecule has 0 heterocycles. The maximum Gasteiger partial charge on any atom is 0.637 e. The molecule has 0 atom stereocenters. The van der Waals surface area contributed by atoms with Crippen LogP contribution in [0, 0.1) is 60.7 Å². The summed E-state index contributed by atoms with van der Waals surface area (Å²) in [6.45, 7) is -6.26. The lowest BCUT2D eigenvalue weighted by Gasteiger charge is -2.18. The highest BCUT2D eigenvalue weighted by molar-refractivity contribution is 4.61. The topological polar surface area (TPSA) is 265 Å². The molecular weight excluding hydrogens is 426 g/mol. The zero-order valence-electron chi connectivity index (χ0n) is 13.8. The van der Waals surface area contributed by atoms with Crippen LogP contribution in [-0.4, -0.2) is 77.8 Å². The first kappa shape index (κ1) is 24.9. The van der Waals surface area contributed by atoms with Crippen molar-refractivity contribution < 1.29 is 38.5 Å². The van der Waals surface area contributed by atoms with Crippen LogP contribution in [0.1, 0.15) is 6.42 Å². The number of hydrogen-bond donors (Lipinski definition) is 0. The Kier molecular flexibility index (Phi) is 7.87. The third-order valence-electron chi connectivity index (χ3n) is 3.18. The average Bonchev–Trinajstić information content (AvgIpc) is 2.58. The van der Waals surface area contributed by atoms with Crippen LogP contribution in [-0.2, 0) is 0 Å². The fourth-order valence-corrected chi connectivity index (χ4v) is 1.70. The van der Waals surface area contributed by atoms with Crippen molar-refractivity contribution in [2.24, 2.45) is 0 Å². The zero-order chi connectivity index (χ0) is 23.2. The van der Waals surface area contributed by atoms with Crippen molar-refractivity contribution in [2.75, 3.05) is 26.2 Å². The second kappa shape index (κ2) is 9.18. The molecule has 0 aliphatic carbocycles. The van der Waals surface area contributed by atoms with Crippen molar-refractivity contribution in [3.8, 4) is 0 Å². The molecule has 0 aromatic heterocycles. The number of hydrazine groups is 2. The summed E-state index contributed by atoms with van der Waals surface area (Å²) < 4.78 is 27.4. The molecule has 0 aliphatic heterocycles. The van der Waals surface area contributed by atoms with E-state index in [1.165, 1.54) is 0 Å². The van der Waals surface area contributed by atoms with Crippen LogP contribution in [0.3, 0.4) is 0 Å². The molecule has 0 N–H and O–H groups in total. The number of hydrogen-bond acceptors (Lipinski definition) is 12. The molecule has 0 aromatic rings. The lowest BCUT2D eigenvalue weighted by Crippen LogP contribution is -2.54. The molecule has 0 radical (unpaired) electrons. The van der Waals surface area contributed by atoms with Gasteiger partial charge in [0.15, 0.2) is 10.1 Å². The Hall–Kier alpha value is -4.14. The number of rotatable bonds is 14. The average molecular weight is 436 g/mol. The first-order valence-corrected chi connectivity index (χ1v) is 6.84. The molecule has 164 valence electrons. The van der Waals surface area contributed by atoms with Gasteiger partial charge in [-0.3, -0.25) is 40.5 Å². The normalized spacial score (nSPS) is 11.4. The summed E-state index contributed by atoms with van der Waals surface area (Å²) in [6, 6.07) is 0. The van der Waals surface area contributed by atoms with Crippen LogP contribution in [0.15, 0.2) is 0 Å². The van der Waals surface area contributed by atoms with Gasteiger partial charge in [-0.15, -0.1) is 10.0 Å². The molecule has 0 rings (SSSR count). The maximum absolute atomic E-state index is 13.7. The molecule has 0 spiro atoms. The van der Waals surface area contributed by atoms with E-state index in [1.807, 2.05) is 0 Å². The smallest absolute Gasteiger partial charge is 0.256 e. The van der Waals surface area contributed by atoms with E-state index >= 15 is 0 Å². The number of alkyl halides is 2. The molecular formula is C7H10F2N8O12. The first-order valence-electron chi connectivity index (χ1n) is 6.84. The third-order valence-corrected chi connectivity index (χ3v) is 3.18. The van der Waals surface area contributed by atoms with E-state index in [-0.39, 0.29) is 10.0 Å². The van der Waals surface area contributed by atoms with Gasteiger partial charge in [0.1, 0.15) is 19.7 Å². The monoisotopic (exact) mass is 436 g/mol. The summed E-state index contributed by atoms with van der Waals surface area (Å²) in [6.07, 6.45) is -0.848. The molecule has 0 bridgehead atoms. The standard InChI is InChI=1S/C7H10F2N8O12/c8-6(12(18)19,13(20)21)4-10(16(26)27)2-1-3-11(17(28)29)5-7(9,14(22)23)15(24)25/h1-5H2. The van der Waals surface area contributed by atoms with E-state index < -0.39 is 74.2 Å². The lowest BCUT2D eigenvalue weighted by molar-refractivity contribution is -0.841. The highest BCUT2D eigenvalue weighted by atomic mass is 19.2. The van der Waals surface area contributed by atoms with Gasteiger partial charge in [-0.1, -0.05) is 8.78 Å². The molecule has 0 saturated carbocycles. The minimum atomic E-state index is -4.50. The predicted molar refractivity (Wildman–Crippen MR) is 77.4 cm³/mol. The Morgan fingerprint density at radius 1 is 0.586 bits per heavy atom. The van der Waals surface area contributed by atoms with Crippen molar-refractivity contribution >= 4 is 0 Å². The van der Waals surface area contributed by atoms with Crippen LogP contribution < -0.4 is 0 Å². The molecule has 20 nitrogen and oxygen atoms in total. The SMILES string of the molecule is O=[N+]([O-])N(CCCN(CC(F)([N+](=O)[O-])[N+](=O)[O-])[N+](=O)[O-])CC(F)([N+](=O)[O-])[N+](=O)[O-]. The molecule has 0 fully saturated rings. The minimum Gasteiger partial charge on any atom is -0.256 e. The molecule has 29 heavy (non-hydrogen) atoms. The molecule has 0 aliphatic rings. The number of nitro groups is 6. The van der Waals surface area contributed by atoms with Gasteiger partial charge in [0.2, 0.25) is 0 Å². The number of nitrogens with zero attached hydrogens (tertiary/aromatic N) is 8. The van der Waals surface area contributed by atoms with Gasteiger partial charge >= 0.3 is 11.8 Å². The van der Waals surface area contributed by atoms with Crippen LogP contribution >= 0.6 is 0 Å². The summed E-state index contributed by atoms with van der Waals surface area (Å²) in [7, 11) is 0. The zero-order valence-corrected chi connectivity index (χ0v) is 13.8. The lowest BCUT2D eigenvalue weighted by atomic mass is 10.3. The Balaban J connectivity index is 5.28. The molecule has 0 aromatic carbocycles. The van der Waals surface area contributed by atoms with E-state index in [1.54, 1.807) is 0 Å². The Bertz CT molecular complexity index is 632. The predicted octanol–water partition coefficient (Wildman–Crippen LogP) is -1.28. The van der Waals surface area contributed by atoms with E-state index in [0.717, 1.165) is 0 Å². The first-order chi connectivity index (χ1) is 13.1. The van der Waals surface area contributed by atoms with Gasteiger partial charge in [-0.2, -0.15) is 0 Å². The quantitative estimate of drug-likeness (QED) is 0.133. The third kappa shape index (κ3) is 5.93. The summed E-state index contributed by atoms with van der Waals surface area (Å²) in [4.78, 5) is 55.1. The molecule has 0 amide bonds. The highest BCUT2D eigenvalue weighted by Gasteiger charge is 2.62. The van der Waals surface area contributed by atoms with E-state index in [4.69, 9.17) is 0 Å². The Morgan fingerprint density at radius 2 is 0.828 bits per heavy atom. The molecule has 0 unspecified atom stereocenters. The second-order valence-corrected chi connectivity index (χ2v) is 5.07. The fraction of sp³-hybridized carbons (Fsp3) is 1.00. The van der Waals surface area contributed by atoms with E-state index in [2.05, 4.69) is 0 Å². The van der Waals surface area contributed by atoms with Crippen LogP contribution in [0.4, 0.5) is 8.78 Å². The van der Waals surface area contributed by atoms with E-state index in [9.17, 15) is 69.5 Å². The van der Waals surface area contributed by atoms with Gasteiger partial charge in [0, 0.05) is 0 Å². The number of halogens is 2. The Morgan fingerprint density at radius 3 is 1.00 bits per heavy atom. The largest absolute Gasteiger partial charge is 0.637 e. The van der Waals surface area contributed by atoms with Gasteiger partial charge in [-0.05, 0) is 6.42 Å². The van der Waals surface area contributed by atoms with Crippen molar-refractivity contribution in [2.45, 2.75) is 18.3 Å². The van der Waals surface area contributed by atoms with Crippen molar-refractivity contribution in [1.82, 2.24) is 10.0 Å². The maximum atomic E-state index is 13.7. The van der Waals surface area contributed by atoms with Crippen molar-refractivity contribution in [1.29, 1.82) is 0 Å². The van der Waals surface area contributed by atoms with Crippen molar-refractivity contribution in [3.63, 3.8) is 0 Å². The summed E-state index contributed by atoms with van der Waals surface area (Å²) >= 11 is 0. The van der Waals surface area contributed by atoms with Gasteiger partial charge in [0.25, 0.3) is 13.1 Å². The second-order valence-electron chi connectivity index (χ2n) is 5.07. The summed E-state index contributed by atoms with van der Waals surface area (Å²) in [5.41, 5.74) is 0. The van der Waals surface area contributed by atoms with Crippen LogP contribution in [0.25, 0.3) is 0 Å². The Labute approximate surface area is 155 Å².